The maximum Gasteiger partial charge on any atom is 0.354 e. The average Bonchev–Trinajstić information content (AvgIpc) is 2.80. The lowest BCUT2D eigenvalue weighted by molar-refractivity contribution is 0.0690. The molecule has 0 unspecified atom stereocenters. The predicted octanol–water partition coefficient (Wildman–Crippen LogP) is 3.79. The van der Waals surface area contributed by atoms with Crippen LogP contribution in [0.3, 0.4) is 0 Å². The normalized spacial score (nSPS) is 10.7. The molecule has 0 fully saturated rings. The van der Waals surface area contributed by atoms with Gasteiger partial charge in [0.15, 0.2) is 5.13 Å². The summed E-state index contributed by atoms with van der Waals surface area (Å²) < 4.78 is 0.965. The Morgan fingerprint density at radius 2 is 2.15 bits per heavy atom. The predicted molar refractivity (Wildman–Crippen MR) is 79.1 cm³/mol. The molecule has 100 valence electrons. The molecule has 0 aliphatic rings. The number of hydrogen-bond acceptors (Lipinski definition) is 5. The SMILES string of the molecule is O=C(O)c1cc(Nc2nc3ccc(Cl)cc3s2)ccn1. The Labute approximate surface area is 122 Å². The van der Waals surface area contributed by atoms with E-state index in [1.165, 1.54) is 23.6 Å². The first kappa shape index (κ1) is 12.8. The third kappa shape index (κ3) is 2.56. The first-order valence-corrected chi connectivity index (χ1v) is 6.84. The Morgan fingerprint density at radius 1 is 1.30 bits per heavy atom. The summed E-state index contributed by atoms with van der Waals surface area (Å²) in [4.78, 5) is 19.0. The number of carboxylic acid groups (broad SMARTS) is 1. The summed E-state index contributed by atoms with van der Waals surface area (Å²) in [7, 11) is 0. The van der Waals surface area contributed by atoms with Crippen LogP contribution in [0.1, 0.15) is 10.5 Å². The molecule has 0 amide bonds. The molecule has 0 bridgehead atoms. The zero-order chi connectivity index (χ0) is 14.1. The first-order chi connectivity index (χ1) is 9.61. The number of aromatic nitrogens is 2. The lowest BCUT2D eigenvalue weighted by Crippen LogP contribution is -2.00. The molecule has 3 aromatic rings. The molecule has 0 radical (unpaired) electrons. The maximum atomic E-state index is 10.9. The minimum absolute atomic E-state index is 0.0147. The molecule has 2 heterocycles. The smallest absolute Gasteiger partial charge is 0.354 e. The highest BCUT2D eigenvalue weighted by molar-refractivity contribution is 7.22. The fourth-order valence-electron chi connectivity index (χ4n) is 1.70. The van der Waals surface area contributed by atoms with E-state index >= 15 is 0 Å². The Morgan fingerprint density at radius 3 is 2.95 bits per heavy atom. The quantitative estimate of drug-likeness (QED) is 0.770. The van der Waals surface area contributed by atoms with Gasteiger partial charge in [0.25, 0.3) is 0 Å². The molecule has 0 saturated carbocycles. The van der Waals surface area contributed by atoms with Gasteiger partial charge in [0.05, 0.1) is 10.2 Å². The summed E-state index contributed by atoms with van der Waals surface area (Å²) in [6.45, 7) is 0. The van der Waals surface area contributed by atoms with Crippen molar-refractivity contribution in [1.82, 2.24) is 9.97 Å². The van der Waals surface area contributed by atoms with Crippen molar-refractivity contribution in [3.8, 4) is 0 Å². The van der Waals surface area contributed by atoms with Gasteiger partial charge in [0.2, 0.25) is 0 Å². The van der Waals surface area contributed by atoms with Crippen LogP contribution in [0.25, 0.3) is 10.2 Å². The Kier molecular flexibility index (Phi) is 3.25. The summed E-state index contributed by atoms with van der Waals surface area (Å²) in [6.07, 6.45) is 1.44. The van der Waals surface area contributed by atoms with Crippen molar-refractivity contribution in [3.05, 3.63) is 47.2 Å². The molecule has 1 aromatic carbocycles. The van der Waals surface area contributed by atoms with Gasteiger partial charge in [-0.2, -0.15) is 0 Å². The number of carbonyl (C=O) groups is 1. The van der Waals surface area contributed by atoms with Gasteiger partial charge >= 0.3 is 5.97 Å². The molecule has 2 N–H and O–H groups in total. The number of nitrogens with zero attached hydrogens (tertiary/aromatic N) is 2. The van der Waals surface area contributed by atoms with Crippen LogP contribution in [0.15, 0.2) is 36.5 Å². The van der Waals surface area contributed by atoms with E-state index in [2.05, 4.69) is 15.3 Å². The number of carboxylic acids is 1. The van der Waals surface area contributed by atoms with Crippen molar-refractivity contribution in [2.24, 2.45) is 0 Å². The summed E-state index contributed by atoms with van der Waals surface area (Å²) in [6, 6.07) is 8.61. The Hall–Kier alpha value is -2.18. The van der Waals surface area contributed by atoms with Crippen LogP contribution in [-0.4, -0.2) is 21.0 Å². The van der Waals surface area contributed by atoms with E-state index in [9.17, 15) is 4.79 Å². The molecule has 0 aliphatic heterocycles. The van der Waals surface area contributed by atoms with Gasteiger partial charge < -0.3 is 10.4 Å². The van der Waals surface area contributed by atoms with Crippen LogP contribution in [0.4, 0.5) is 10.8 Å². The van der Waals surface area contributed by atoms with Crippen LogP contribution in [0.2, 0.25) is 5.02 Å². The Balaban J connectivity index is 1.92. The summed E-state index contributed by atoms with van der Waals surface area (Å²) in [5.41, 5.74) is 1.45. The number of nitrogens with one attached hydrogen (secondary N) is 1. The number of fused-ring (bicyclic) bond motifs is 1. The Bertz CT molecular complexity index is 803. The third-order valence-corrected chi connectivity index (χ3v) is 3.75. The molecule has 20 heavy (non-hydrogen) atoms. The number of benzene rings is 1. The molecule has 0 atom stereocenters. The molecule has 0 aliphatic carbocycles. The number of pyridine rings is 1. The highest BCUT2D eigenvalue weighted by atomic mass is 35.5. The van der Waals surface area contributed by atoms with Gasteiger partial charge in [-0.1, -0.05) is 22.9 Å². The molecular formula is C13H8ClN3O2S. The highest BCUT2D eigenvalue weighted by Crippen LogP contribution is 2.30. The number of hydrogen-bond donors (Lipinski definition) is 2. The zero-order valence-corrected chi connectivity index (χ0v) is 11.6. The van der Waals surface area contributed by atoms with E-state index in [0.717, 1.165) is 10.2 Å². The van der Waals surface area contributed by atoms with Gasteiger partial charge in [-0.25, -0.2) is 14.8 Å². The van der Waals surface area contributed by atoms with Crippen LogP contribution in [0, 0.1) is 0 Å². The summed E-state index contributed by atoms with van der Waals surface area (Å²) >= 11 is 7.37. The minimum Gasteiger partial charge on any atom is -0.477 e. The largest absolute Gasteiger partial charge is 0.477 e. The van der Waals surface area contributed by atoms with E-state index in [0.29, 0.717) is 15.8 Å². The molecule has 3 rings (SSSR count). The fraction of sp³-hybridized carbons (Fsp3) is 0. The van der Waals surface area contributed by atoms with Crippen molar-refractivity contribution in [3.63, 3.8) is 0 Å². The van der Waals surface area contributed by atoms with Crippen LogP contribution in [-0.2, 0) is 0 Å². The third-order valence-electron chi connectivity index (χ3n) is 2.58. The van der Waals surface area contributed by atoms with Crippen molar-refractivity contribution < 1.29 is 9.90 Å². The average molecular weight is 306 g/mol. The fourth-order valence-corrected chi connectivity index (χ4v) is 2.86. The molecule has 2 aromatic heterocycles. The van der Waals surface area contributed by atoms with Crippen LogP contribution in [0.5, 0.6) is 0 Å². The lowest BCUT2D eigenvalue weighted by atomic mass is 10.3. The molecule has 0 spiro atoms. The summed E-state index contributed by atoms with van der Waals surface area (Å²) in [5.74, 6) is -1.07. The monoisotopic (exact) mass is 305 g/mol. The number of rotatable bonds is 3. The molecule has 7 heteroatoms. The minimum atomic E-state index is -1.07. The van der Waals surface area contributed by atoms with Crippen LogP contribution >= 0.6 is 22.9 Å². The van der Waals surface area contributed by atoms with Gasteiger partial charge in [0.1, 0.15) is 5.69 Å². The number of aromatic carboxylic acids is 1. The van der Waals surface area contributed by atoms with E-state index in [1.807, 2.05) is 12.1 Å². The molecule has 5 nitrogen and oxygen atoms in total. The van der Waals surface area contributed by atoms with Crippen molar-refractivity contribution >= 4 is 49.9 Å². The number of anilines is 2. The van der Waals surface area contributed by atoms with Crippen molar-refractivity contribution in [1.29, 1.82) is 0 Å². The van der Waals surface area contributed by atoms with Crippen molar-refractivity contribution in [2.75, 3.05) is 5.32 Å². The van der Waals surface area contributed by atoms with Gasteiger partial charge in [0, 0.05) is 16.9 Å². The van der Waals surface area contributed by atoms with E-state index in [-0.39, 0.29) is 5.69 Å². The van der Waals surface area contributed by atoms with Crippen molar-refractivity contribution in [2.45, 2.75) is 0 Å². The van der Waals surface area contributed by atoms with Gasteiger partial charge in [-0.05, 0) is 30.3 Å². The van der Waals surface area contributed by atoms with Crippen LogP contribution < -0.4 is 5.32 Å². The highest BCUT2D eigenvalue weighted by Gasteiger charge is 2.08. The van der Waals surface area contributed by atoms with E-state index in [1.54, 1.807) is 12.1 Å². The molecule has 0 saturated heterocycles. The summed E-state index contributed by atoms with van der Waals surface area (Å²) in [5, 5.41) is 13.3. The lowest BCUT2D eigenvalue weighted by Gasteiger charge is -2.02. The second-order valence-corrected chi connectivity index (χ2v) is 5.46. The van der Waals surface area contributed by atoms with Gasteiger partial charge in [-0.3, -0.25) is 0 Å². The number of thiazole rings is 1. The maximum absolute atomic E-state index is 10.9. The van der Waals surface area contributed by atoms with E-state index < -0.39 is 5.97 Å². The molecular weight excluding hydrogens is 298 g/mol. The zero-order valence-electron chi connectivity index (χ0n) is 10.0. The number of halogens is 1. The van der Waals surface area contributed by atoms with E-state index in [4.69, 9.17) is 16.7 Å². The second kappa shape index (κ2) is 5.07. The first-order valence-electron chi connectivity index (χ1n) is 5.64. The standard InChI is InChI=1S/C13H8ClN3O2S/c14-7-1-2-9-11(5-7)20-13(17-9)16-8-3-4-15-10(6-8)12(18)19/h1-6H,(H,18,19)(H,15,16,17). The van der Waals surface area contributed by atoms with Gasteiger partial charge in [-0.15, -0.1) is 0 Å². The second-order valence-electron chi connectivity index (χ2n) is 3.99. The topological polar surface area (TPSA) is 75.1 Å².